The molecule has 7 nitrogen and oxygen atoms in total. The van der Waals surface area contributed by atoms with E-state index in [0.717, 1.165) is 4.90 Å². The summed E-state index contributed by atoms with van der Waals surface area (Å²) in [7, 11) is 0. The van der Waals surface area contributed by atoms with Gasteiger partial charge >= 0.3 is 6.03 Å². The molecule has 0 saturated carbocycles. The van der Waals surface area contributed by atoms with Gasteiger partial charge in [0.05, 0.1) is 6.54 Å². The molecule has 0 bridgehead atoms. The van der Waals surface area contributed by atoms with Gasteiger partial charge in [-0.05, 0) is 55.8 Å². The van der Waals surface area contributed by atoms with Gasteiger partial charge < -0.3 is 15.2 Å². The fourth-order valence-corrected chi connectivity index (χ4v) is 3.21. The number of hydrogen-bond donors (Lipinski definition) is 2. The Hall–Kier alpha value is -2.90. The maximum Gasteiger partial charge on any atom is 0.325 e. The number of nitrogens with one attached hydrogen (secondary N) is 1. The molecule has 2 N–H and O–H groups in total. The van der Waals surface area contributed by atoms with Crippen molar-refractivity contribution in [1.82, 2.24) is 10.2 Å². The van der Waals surface area contributed by atoms with Crippen LogP contribution < -0.4 is 10.1 Å². The maximum absolute atomic E-state index is 12.9. The molecule has 1 saturated heterocycles. The van der Waals surface area contributed by atoms with Crippen molar-refractivity contribution in [1.29, 1.82) is 0 Å². The number of imide groups is 1. The molecule has 0 unspecified atom stereocenters. The molecule has 1 aliphatic heterocycles. The molecule has 0 aliphatic carbocycles. The predicted octanol–water partition coefficient (Wildman–Crippen LogP) is 2.75. The number of amides is 3. The first-order chi connectivity index (χ1) is 13.7. The highest BCUT2D eigenvalue weighted by molar-refractivity contribution is 6.30. The van der Waals surface area contributed by atoms with Gasteiger partial charge in [0.15, 0.2) is 5.78 Å². The van der Waals surface area contributed by atoms with E-state index in [1.165, 1.54) is 6.92 Å². The largest absolute Gasteiger partial charge is 0.491 e. The summed E-state index contributed by atoms with van der Waals surface area (Å²) in [6, 6.07) is 12.5. The monoisotopic (exact) mass is 416 g/mol. The SMILES string of the molecule is CC(=O)c1ccc(OC[C@@H](O)CN2C(=O)N[C@@](C)(c3ccc(Cl)cc3)C2=O)cc1. The maximum atomic E-state index is 12.9. The Kier molecular flexibility index (Phi) is 5.91. The van der Waals surface area contributed by atoms with E-state index in [1.54, 1.807) is 55.5 Å². The second-order valence-electron chi connectivity index (χ2n) is 7.02. The summed E-state index contributed by atoms with van der Waals surface area (Å²) in [6.45, 7) is 2.75. The van der Waals surface area contributed by atoms with Gasteiger partial charge in [0, 0.05) is 10.6 Å². The number of ketones is 1. The molecule has 0 aromatic heterocycles. The number of hydrogen-bond acceptors (Lipinski definition) is 5. The number of nitrogens with zero attached hydrogens (tertiary/aromatic N) is 1. The quantitative estimate of drug-likeness (QED) is 0.534. The number of urea groups is 1. The number of benzene rings is 2. The highest BCUT2D eigenvalue weighted by Gasteiger charge is 2.49. The Morgan fingerprint density at radius 3 is 2.38 bits per heavy atom. The Morgan fingerprint density at radius 1 is 1.17 bits per heavy atom. The van der Waals surface area contributed by atoms with Gasteiger partial charge in [0.2, 0.25) is 0 Å². The van der Waals surface area contributed by atoms with Crippen LogP contribution >= 0.6 is 11.6 Å². The first-order valence-electron chi connectivity index (χ1n) is 9.03. The molecule has 3 rings (SSSR count). The van der Waals surface area contributed by atoms with E-state index < -0.39 is 23.6 Å². The van der Waals surface area contributed by atoms with Crippen molar-refractivity contribution in [2.24, 2.45) is 0 Å². The van der Waals surface area contributed by atoms with Crippen LogP contribution in [0.1, 0.15) is 29.8 Å². The van der Waals surface area contributed by atoms with E-state index >= 15 is 0 Å². The molecular weight excluding hydrogens is 396 g/mol. The van der Waals surface area contributed by atoms with Crippen LogP contribution in [0.2, 0.25) is 5.02 Å². The zero-order valence-corrected chi connectivity index (χ0v) is 16.8. The van der Waals surface area contributed by atoms with Gasteiger partial charge in [-0.25, -0.2) is 4.79 Å². The molecule has 2 aromatic rings. The summed E-state index contributed by atoms with van der Waals surface area (Å²) in [5.41, 5.74) is -0.0807. The van der Waals surface area contributed by atoms with Crippen LogP contribution in [0.4, 0.5) is 4.79 Å². The number of carbonyl (C=O) groups excluding carboxylic acids is 3. The summed E-state index contributed by atoms with van der Waals surface area (Å²) in [5.74, 6) is -0.0502. The van der Waals surface area contributed by atoms with Gasteiger partial charge in [-0.3, -0.25) is 14.5 Å². The van der Waals surface area contributed by atoms with Crippen molar-refractivity contribution in [2.75, 3.05) is 13.2 Å². The van der Waals surface area contributed by atoms with Crippen molar-refractivity contribution in [3.63, 3.8) is 0 Å². The molecule has 0 spiro atoms. The molecule has 1 heterocycles. The second kappa shape index (κ2) is 8.23. The fraction of sp³-hybridized carbons (Fsp3) is 0.286. The van der Waals surface area contributed by atoms with E-state index in [9.17, 15) is 19.5 Å². The highest BCUT2D eigenvalue weighted by Crippen LogP contribution is 2.29. The van der Waals surface area contributed by atoms with E-state index in [2.05, 4.69) is 5.32 Å². The van der Waals surface area contributed by atoms with Crippen LogP contribution in [0.3, 0.4) is 0 Å². The van der Waals surface area contributed by atoms with Crippen LogP contribution in [0.5, 0.6) is 5.75 Å². The molecule has 1 fully saturated rings. The third-order valence-corrected chi connectivity index (χ3v) is 5.05. The Morgan fingerprint density at radius 2 is 1.79 bits per heavy atom. The number of ether oxygens (including phenoxy) is 1. The normalized spacial score (nSPS) is 19.8. The molecule has 0 radical (unpaired) electrons. The van der Waals surface area contributed by atoms with Gasteiger partial charge in [-0.15, -0.1) is 0 Å². The number of Topliss-reactive ketones (excluding diaryl/α,β-unsaturated/α-hetero) is 1. The average molecular weight is 417 g/mol. The van der Waals surface area contributed by atoms with Crippen LogP contribution in [0.15, 0.2) is 48.5 Å². The third-order valence-electron chi connectivity index (χ3n) is 4.79. The van der Waals surface area contributed by atoms with E-state index in [1.807, 2.05) is 0 Å². The van der Waals surface area contributed by atoms with Crippen LogP contribution in [-0.4, -0.2) is 47.0 Å². The van der Waals surface area contributed by atoms with Crippen molar-refractivity contribution < 1.29 is 24.2 Å². The molecule has 29 heavy (non-hydrogen) atoms. The summed E-state index contributed by atoms with van der Waals surface area (Å²) in [4.78, 5) is 37.5. The summed E-state index contributed by atoms with van der Waals surface area (Å²) in [5, 5.41) is 13.5. The predicted molar refractivity (Wildman–Crippen MR) is 107 cm³/mol. The number of β-amino-alcohol motifs (C(OH)–C–C–N with tert-alkyl or cyclic N) is 1. The Labute approximate surface area is 173 Å². The summed E-state index contributed by atoms with van der Waals surface area (Å²) < 4.78 is 5.49. The van der Waals surface area contributed by atoms with Crippen molar-refractivity contribution in [3.8, 4) is 5.75 Å². The molecule has 2 aromatic carbocycles. The molecule has 2 atom stereocenters. The number of aliphatic hydroxyl groups excluding tert-OH is 1. The average Bonchev–Trinajstić information content (AvgIpc) is 2.91. The molecule has 1 aliphatic rings. The first-order valence-corrected chi connectivity index (χ1v) is 9.40. The second-order valence-corrected chi connectivity index (χ2v) is 7.46. The highest BCUT2D eigenvalue weighted by atomic mass is 35.5. The lowest BCUT2D eigenvalue weighted by Gasteiger charge is -2.23. The first kappa shape index (κ1) is 20.8. The molecule has 152 valence electrons. The van der Waals surface area contributed by atoms with Gasteiger partial charge in [0.1, 0.15) is 24.0 Å². The molecule has 8 heteroatoms. The van der Waals surface area contributed by atoms with E-state index in [0.29, 0.717) is 21.9 Å². The minimum atomic E-state index is -1.23. The standard InChI is InChI=1S/C21H21ClN2O5/c1-13(25)14-3-9-18(10-4-14)29-12-17(26)11-24-19(27)21(2,23-20(24)28)15-5-7-16(22)8-6-15/h3-10,17,26H,11-12H2,1-2H3,(H,23,28)/t17-,21-/m0/s1. The molecule has 3 amide bonds. The minimum absolute atomic E-state index is 0.0566. The topological polar surface area (TPSA) is 95.9 Å². The zero-order valence-electron chi connectivity index (χ0n) is 16.0. The number of carbonyl (C=O) groups is 3. The minimum Gasteiger partial charge on any atom is -0.491 e. The summed E-state index contributed by atoms with van der Waals surface area (Å²) in [6.07, 6.45) is -1.08. The molecular formula is C21H21ClN2O5. The Balaban J connectivity index is 1.62. The lowest BCUT2D eigenvalue weighted by Crippen LogP contribution is -2.42. The van der Waals surface area contributed by atoms with E-state index in [4.69, 9.17) is 16.3 Å². The third kappa shape index (κ3) is 4.41. The number of aliphatic hydroxyl groups is 1. The van der Waals surface area contributed by atoms with E-state index in [-0.39, 0.29) is 18.9 Å². The van der Waals surface area contributed by atoms with Crippen LogP contribution in [0, 0.1) is 0 Å². The van der Waals surface area contributed by atoms with Crippen molar-refractivity contribution >= 4 is 29.3 Å². The van der Waals surface area contributed by atoms with Crippen molar-refractivity contribution in [2.45, 2.75) is 25.5 Å². The zero-order chi connectivity index (χ0) is 21.2. The van der Waals surface area contributed by atoms with Gasteiger partial charge in [-0.1, -0.05) is 23.7 Å². The van der Waals surface area contributed by atoms with Gasteiger partial charge in [-0.2, -0.15) is 0 Å². The lowest BCUT2D eigenvalue weighted by molar-refractivity contribution is -0.132. The Bertz CT molecular complexity index is 929. The van der Waals surface area contributed by atoms with Crippen molar-refractivity contribution in [3.05, 3.63) is 64.7 Å². The number of rotatable bonds is 7. The van der Waals surface area contributed by atoms with Crippen LogP contribution in [-0.2, 0) is 10.3 Å². The summed E-state index contributed by atoms with van der Waals surface area (Å²) >= 11 is 5.89. The fourth-order valence-electron chi connectivity index (χ4n) is 3.08. The number of halogens is 1. The van der Waals surface area contributed by atoms with Crippen LogP contribution in [0.25, 0.3) is 0 Å². The lowest BCUT2D eigenvalue weighted by atomic mass is 9.92. The van der Waals surface area contributed by atoms with Gasteiger partial charge in [0.25, 0.3) is 5.91 Å². The smallest absolute Gasteiger partial charge is 0.325 e.